The Morgan fingerprint density at radius 2 is 2.12 bits per heavy atom. The largest absolute Gasteiger partial charge is 0.870 e. The monoisotopic (exact) mass is 234 g/mol. The summed E-state index contributed by atoms with van der Waals surface area (Å²) in [5, 5.41) is 1.23. The first-order valence-electron chi connectivity index (χ1n) is 5.87. The van der Waals surface area contributed by atoms with Crippen molar-refractivity contribution < 1.29 is 14.9 Å². The number of benzene rings is 1. The fraction of sp³-hybridized carbons (Fsp3) is 0.462. The third kappa shape index (κ3) is 1.78. The molecule has 0 unspecified atom stereocenters. The van der Waals surface area contributed by atoms with Gasteiger partial charge in [-0.2, -0.15) is 4.68 Å². The molecular formula is C13H18N2O2. The van der Waals surface area contributed by atoms with Crippen molar-refractivity contribution in [3.63, 3.8) is 0 Å². The van der Waals surface area contributed by atoms with Crippen molar-refractivity contribution >= 4 is 10.9 Å². The van der Waals surface area contributed by atoms with Crippen LogP contribution in [0.25, 0.3) is 10.9 Å². The van der Waals surface area contributed by atoms with Crippen molar-refractivity contribution in [3.8, 4) is 5.75 Å². The minimum absolute atomic E-state index is 0. The molecule has 1 N–H and O–H groups in total. The highest BCUT2D eigenvalue weighted by Crippen LogP contribution is 2.27. The molecule has 0 fully saturated rings. The van der Waals surface area contributed by atoms with Crippen LogP contribution in [0.4, 0.5) is 0 Å². The standard InChI is InChI=1S/C13H17N2O.H2O/c1-10-7-12-11(13(8-10)16-2)9-14-5-3-4-6-15(12)14;/h7-9H,3-6H2,1-2H3;1H2/q+1;/p-1. The van der Waals surface area contributed by atoms with Gasteiger partial charge in [0, 0.05) is 6.42 Å². The van der Waals surface area contributed by atoms with E-state index in [-0.39, 0.29) is 5.48 Å². The molecule has 1 aromatic carbocycles. The summed E-state index contributed by atoms with van der Waals surface area (Å²) in [6.45, 7) is 4.36. The van der Waals surface area contributed by atoms with Crippen LogP contribution in [0.3, 0.4) is 0 Å². The van der Waals surface area contributed by atoms with E-state index in [0.29, 0.717) is 0 Å². The summed E-state index contributed by atoms with van der Waals surface area (Å²) in [6, 6.07) is 4.36. The molecule has 4 nitrogen and oxygen atoms in total. The predicted molar refractivity (Wildman–Crippen MR) is 64.6 cm³/mol. The van der Waals surface area contributed by atoms with Crippen molar-refractivity contribution in [3.05, 3.63) is 23.9 Å². The summed E-state index contributed by atoms with van der Waals surface area (Å²) >= 11 is 0. The minimum atomic E-state index is 0. The number of nitrogens with zero attached hydrogens (tertiary/aromatic N) is 2. The van der Waals surface area contributed by atoms with Crippen LogP contribution in [0, 0.1) is 6.92 Å². The van der Waals surface area contributed by atoms with Crippen LogP contribution in [0.2, 0.25) is 0 Å². The lowest BCUT2D eigenvalue weighted by molar-refractivity contribution is -0.779. The molecule has 4 heteroatoms. The normalized spacial score (nSPS) is 14.2. The Morgan fingerprint density at radius 3 is 2.88 bits per heavy atom. The van der Waals surface area contributed by atoms with Gasteiger partial charge in [-0.1, -0.05) is 0 Å². The highest BCUT2D eigenvalue weighted by atomic mass is 16.5. The predicted octanol–water partition coefficient (Wildman–Crippen LogP) is 1.86. The second-order valence-electron chi connectivity index (χ2n) is 4.52. The lowest BCUT2D eigenvalue weighted by atomic mass is 10.1. The Balaban J connectivity index is 0.00000108. The molecule has 0 saturated carbocycles. The first kappa shape index (κ1) is 11.9. The number of hydrogen-bond acceptors (Lipinski definition) is 2. The average Bonchev–Trinajstić information content (AvgIpc) is 2.67. The number of aromatic nitrogens is 2. The van der Waals surface area contributed by atoms with Crippen molar-refractivity contribution in [1.29, 1.82) is 0 Å². The van der Waals surface area contributed by atoms with Gasteiger partial charge in [0.15, 0.2) is 6.54 Å². The van der Waals surface area contributed by atoms with Gasteiger partial charge in [-0.3, -0.25) is 0 Å². The van der Waals surface area contributed by atoms with Crippen molar-refractivity contribution in [2.24, 2.45) is 0 Å². The summed E-state index contributed by atoms with van der Waals surface area (Å²) in [4.78, 5) is 0. The molecule has 17 heavy (non-hydrogen) atoms. The van der Waals surface area contributed by atoms with E-state index < -0.39 is 0 Å². The second kappa shape index (κ2) is 4.37. The summed E-state index contributed by atoms with van der Waals surface area (Å²) < 4.78 is 10.1. The van der Waals surface area contributed by atoms with Gasteiger partial charge >= 0.3 is 0 Å². The van der Waals surface area contributed by atoms with Crippen LogP contribution in [-0.4, -0.2) is 17.3 Å². The average molecular weight is 234 g/mol. The van der Waals surface area contributed by atoms with Crippen LogP contribution in [0.15, 0.2) is 18.3 Å². The van der Waals surface area contributed by atoms with Crippen LogP contribution >= 0.6 is 0 Å². The van der Waals surface area contributed by atoms with E-state index in [0.717, 1.165) is 18.8 Å². The summed E-state index contributed by atoms with van der Waals surface area (Å²) in [6.07, 6.45) is 4.77. The third-order valence-corrected chi connectivity index (χ3v) is 3.36. The zero-order chi connectivity index (χ0) is 11.1. The highest BCUT2D eigenvalue weighted by molar-refractivity contribution is 5.85. The molecule has 0 saturated heterocycles. The van der Waals surface area contributed by atoms with Gasteiger partial charge in [-0.05, 0) is 31.0 Å². The highest BCUT2D eigenvalue weighted by Gasteiger charge is 2.21. The number of hydrogen-bond donors (Lipinski definition) is 0. The number of ether oxygens (including phenoxy) is 1. The topological polar surface area (TPSA) is 48.0 Å². The van der Waals surface area contributed by atoms with E-state index in [1.165, 1.54) is 29.3 Å². The lowest BCUT2D eigenvalue weighted by Crippen LogP contribution is -2.45. The third-order valence-electron chi connectivity index (χ3n) is 3.36. The molecule has 2 aromatic rings. The zero-order valence-electron chi connectivity index (χ0n) is 10.3. The smallest absolute Gasteiger partial charge is 0.207 e. The molecule has 1 aliphatic rings. The van der Waals surface area contributed by atoms with Crippen LogP contribution in [-0.2, 0) is 13.1 Å². The van der Waals surface area contributed by atoms with Gasteiger partial charge in [0.1, 0.15) is 16.7 Å². The van der Waals surface area contributed by atoms with E-state index in [2.05, 4.69) is 34.6 Å². The Bertz CT molecular complexity index is 546. The van der Waals surface area contributed by atoms with Crippen LogP contribution < -0.4 is 9.42 Å². The van der Waals surface area contributed by atoms with Crippen LogP contribution in [0.1, 0.15) is 18.4 Å². The van der Waals surface area contributed by atoms with E-state index in [1.807, 2.05) is 0 Å². The van der Waals surface area contributed by atoms with Gasteiger partial charge in [0.2, 0.25) is 6.20 Å². The Morgan fingerprint density at radius 1 is 1.29 bits per heavy atom. The number of rotatable bonds is 1. The maximum absolute atomic E-state index is 5.46. The summed E-state index contributed by atoms with van der Waals surface area (Å²) in [7, 11) is 1.75. The maximum atomic E-state index is 5.46. The van der Waals surface area contributed by atoms with Crippen LogP contribution in [0.5, 0.6) is 5.75 Å². The van der Waals surface area contributed by atoms with E-state index in [1.54, 1.807) is 7.11 Å². The number of aryl methyl sites for hydroxylation is 3. The van der Waals surface area contributed by atoms with E-state index in [4.69, 9.17) is 4.74 Å². The quantitative estimate of drug-likeness (QED) is 0.707. The van der Waals surface area contributed by atoms with Gasteiger partial charge in [-0.15, -0.1) is 4.68 Å². The molecular weight excluding hydrogens is 216 g/mol. The molecule has 0 radical (unpaired) electrons. The summed E-state index contributed by atoms with van der Waals surface area (Å²) in [5.74, 6) is 0.990. The molecule has 1 aromatic heterocycles. The molecule has 0 atom stereocenters. The Hall–Kier alpha value is -1.55. The SMILES string of the molecule is COc1cc(C)cc2c1c[n+]1n2CCCC1.[OH-]. The zero-order valence-corrected chi connectivity index (χ0v) is 10.3. The molecule has 3 rings (SSSR count). The van der Waals surface area contributed by atoms with Gasteiger partial charge in [-0.25, -0.2) is 0 Å². The summed E-state index contributed by atoms with van der Waals surface area (Å²) in [5.41, 5.74) is 2.56. The molecule has 1 aliphatic heterocycles. The molecule has 0 spiro atoms. The number of methoxy groups -OCH3 is 1. The number of fused-ring (bicyclic) bond motifs is 3. The Kier molecular flexibility index (Phi) is 3.07. The molecule has 0 aliphatic carbocycles. The van der Waals surface area contributed by atoms with Crippen molar-refractivity contribution in [2.75, 3.05) is 7.11 Å². The fourth-order valence-corrected chi connectivity index (χ4v) is 2.58. The van der Waals surface area contributed by atoms with Crippen molar-refractivity contribution in [1.82, 2.24) is 4.68 Å². The first-order valence-corrected chi connectivity index (χ1v) is 5.87. The van der Waals surface area contributed by atoms with E-state index in [9.17, 15) is 0 Å². The van der Waals surface area contributed by atoms with Gasteiger partial charge in [0.05, 0.1) is 13.7 Å². The van der Waals surface area contributed by atoms with Gasteiger partial charge in [0.25, 0.3) is 0 Å². The molecule has 0 bridgehead atoms. The molecule has 92 valence electrons. The van der Waals surface area contributed by atoms with E-state index >= 15 is 0 Å². The van der Waals surface area contributed by atoms with Gasteiger partial charge < -0.3 is 10.2 Å². The van der Waals surface area contributed by atoms with Crippen molar-refractivity contribution in [2.45, 2.75) is 32.9 Å². The fourth-order valence-electron chi connectivity index (χ4n) is 2.58. The maximum Gasteiger partial charge on any atom is 0.207 e. The minimum Gasteiger partial charge on any atom is -0.870 e. The first-order chi connectivity index (χ1) is 7.79. The Labute approximate surface area is 101 Å². The lowest BCUT2D eigenvalue weighted by Gasteiger charge is -2.09. The molecule has 0 amide bonds. The molecule has 2 heterocycles. The second-order valence-corrected chi connectivity index (χ2v) is 4.52.